The Morgan fingerprint density at radius 3 is 2.11 bits per heavy atom. The summed E-state index contributed by atoms with van der Waals surface area (Å²) in [5.41, 5.74) is 6.31. The zero-order chi connectivity index (χ0) is 14.3. The predicted octanol–water partition coefficient (Wildman–Crippen LogP) is 6.07. The van der Waals surface area contributed by atoms with Crippen molar-refractivity contribution >= 4 is 31.9 Å². The largest absolute Gasteiger partial charge is 0.466 e. The number of aryl methyl sites for hydroxylation is 4. The van der Waals surface area contributed by atoms with Gasteiger partial charge in [-0.3, -0.25) is 0 Å². The molecule has 0 N–H and O–H groups in total. The van der Waals surface area contributed by atoms with Crippen LogP contribution in [0.4, 0.5) is 0 Å². The summed E-state index contributed by atoms with van der Waals surface area (Å²) in [5.74, 6) is 2.00. The van der Waals surface area contributed by atoms with Crippen LogP contribution >= 0.6 is 31.9 Å². The first-order valence-corrected chi connectivity index (χ1v) is 8.01. The molecule has 0 aliphatic carbocycles. The Morgan fingerprint density at radius 1 is 0.947 bits per heavy atom. The monoisotopic (exact) mass is 384 g/mol. The quantitative estimate of drug-likeness (QED) is 0.572. The van der Waals surface area contributed by atoms with Crippen molar-refractivity contribution in [2.45, 2.75) is 39.4 Å². The molecule has 2 aromatic rings. The zero-order valence-electron chi connectivity index (χ0n) is 11.9. The lowest BCUT2D eigenvalue weighted by molar-refractivity contribution is 0.500. The first-order chi connectivity index (χ1) is 8.82. The fourth-order valence-corrected chi connectivity index (χ4v) is 4.03. The molecule has 0 amide bonds. The van der Waals surface area contributed by atoms with E-state index in [2.05, 4.69) is 64.8 Å². The minimum atomic E-state index is 0.178. The third-order valence-corrected chi connectivity index (χ3v) is 5.50. The molecular formula is C16H18Br2O. The van der Waals surface area contributed by atoms with Crippen LogP contribution < -0.4 is 0 Å². The Bertz CT molecular complexity index is 626. The van der Waals surface area contributed by atoms with Gasteiger partial charge < -0.3 is 4.42 Å². The summed E-state index contributed by atoms with van der Waals surface area (Å²) in [7, 11) is 0. The predicted molar refractivity (Wildman–Crippen MR) is 87.3 cm³/mol. The van der Waals surface area contributed by atoms with Gasteiger partial charge in [0.1, 0.15) is 11.5 Å². The number of hydrogen-bond donors (Lipinski definition) is 0. The number of rotatable bonds is 2. The van der Waals surface area contributed by atoms with Crippen LogP contribution in [0.25, 0.3) is 0 Å². The minimum Gasteiger partial charge on any atom is -0.466 e. The van der Waals surface area contributed by atoms with Crippen molar-refractivity contribution in [2.24, 2.45) is 0 Å². The average Bonchev–Trinajstić information content (AvgIpc) is 2.57. The van der Waals surface area contributed by atoms with Gasteiger partial charge in [0.15, 0.2) is 0 Å². The number of halogens is 2. The Labute approximate surface area is 131 Å². The van der Waals surface area contributed by atoms with Gasteiger partial charge in [0.2, 0.25) is 0 Å². The lowest BCUT2D eigenvalue weighted by atomic mass is 9.96. The molecule has 0 spiro atoms. The average molecular weight is 386 g/mol. The molecule has 1 aromatic heterocycles. The molecule has 1 atom stereocenters. The highest BCUT2D eigenvalue weighted by Crippen LogP contribution is 2.39. The van der Waals surface area contributed by atoms with Crippen LogP contribution in [-0.2, 0) is 0 Å². The molecule has 102 valence electrons. The van der Waals surface area contributed by atoms with Gasteiger partial charge >= 0.3 is 0 Å². The first kappa shape index (κ1) is 14.9. The maximum Gasteiger partial charge on any atom is 0.106 e. The van der Waals surface area contributed by atoms with E-state index in [9.17, 15) is 0 Å². The second kappa shape index (κ2) is 5.45. The second-order valence-corrected chi connectivity index (χ2v) is 6.84. The summed E-state index contributed by atoms with van der Waals surface area (Å²) in [6.07, 6.45) is 0. The van der Waals surface area contributed by atoms with Crippen LogP contribution in [0.5, 0.6) is 0 Å². The van der Waals surface area contributed by atoms with Gasteiger partial charge in [0.05, 0.1) is 4.83 Å². The molecule has 1 nitrogen and oxygen atoms in total. The second-order valence-electron chi connectivity index (χ2n) is 5.07. The molecule has 0 aliphatic rings. The summed E-state index contributed by atoms with van der Waals surface area (Å²) in [5, 5.41) is 0. The SMILES string of the molecule is Cc1cc(C(Br)c2c(C)oc(C)c2C)c(C)cc1Br. The fourth-order valence-electron chi connectivity index (χ4n) is 2.42. The van der Waals surface area contributed by atoms with E-state index in [0.29, 0.717) is 0 Å². The Hall–Kier alpha value is -0.540. The van der Waals surface area contributed by atoms with Gasteiger partial charge in [-0.05, 0) is 62.9 Å². The summed E-state index contributed by atoms with van der Waals surface area (Å²) >= 11 is 7.43. The van der Waals surface area contributed by atoms with Crippen molar-refractivity contribution in [3.05, 3.63) is 55.9 Å². The van der Waals surface area contributed by atoms with Crippen LogP contribution in [0, 0.1) is 34.6 Å². The van der Waals surface area contributed by atoms with Gasteiger partial charge in [-0.2, -0.15) is 0 Å². The summed E-state index contributed by atoms with van der Waals surface area (Å²) in [6, 6.07) is 4.41. The van der Waals surface area contributed by atoms with Crippen molar-refractivity contribution in [3.63, 3.8) is 0 Å². The van der Waals surface area contributed by atoms with E-state index < -0.39 is 0 Å². The van der Waals surface area contributed by atoms with E-state index in [1.807, 2.05) is 13.8 Å². The minimum absolute atomic E-state index is 0.178. The highest BCUT2D eigenvalue weighted by atomic mass is 79.9. The van der Waals surface area contributed by atoms with Crippen LogP contribution in [0.15, 0.2) is 21.0 Å². The highest BCUT2D eigenvalue weighted by molar-refractivity contribution is 9.10. The number of furan rings is 1. The third kappa shape index (κ3) is 2.68. The number of alkyl halides is 1. The van der Waals surface area contributed by atoms with Crippen molar-refractivity contribution < 1.29 is 4.42 Å². The molecule has 0 aliphatic heterocycles. The van der Waals surface area contributed by atoms with E-state index in [1.165, 1.54) is 27.8 Å². The molecule has 0 saturated heterocycles. The van der Waals surface area contributed by atoms with Gasteiger partial charge in [-0.25, -0.2) is 0 Å². The van der Waals surface area contributed by atoms with Crippen molar-refractivity contribution in [3.8, 4) is 0 Å². The smallest absolute Gasteiger partial charge is 0.106 e. The van der Waals surface area contributed by atoms with Crippen molar-refractivity contribution in [2.75, 3.05) is 0 Å². The van der Waals surface area contributed by atoms with E-state index in [4.69, 9.17) is 4.42 Å². The van der Waals surface area contributed by atoms with Crippen molar-refractivity contribution in [1.82, 2.24) is 0 Å². The third-order valence-electron chi connectivity index (χ3n) is 3.69. The molecule has 2 rings (SSSR count). The molecule has 1 aromatic carbocycles. The fraction of sp³-hybridized carbons (Fsp3) is 0.375. The van der Waals surface area contributed by atoms with E-state index >= 15 is 0 Å². The summed E-state index contributed by atoms with van der Waals surface area (Å²) < 4.78 is 6.90. The molecule has 19 heavy (non-hydrogen) atoms. The van der Waals surface area contributed by atoms with Gasteiger partial charge in [-0.1, -0.05) is 37.9 Å². The molecular weight excluding hydrogens is 368 g/mol. The van der Waals surface area contributed by atoms with Crippen LogP contribution in [-0.4, -0.2) is 0 Å². The summed E-state index contributed by atoms with van der Waals surface area (Å²) in [6.45, 7) is 10.4. The van der Waals surface area contributed by atoms with Crippen LogP contribution in [0.1, 0.15) is 44.2 Å². The molecule has 1 unspecified atom stereocenters. The molecule has 3 heteroatoms. The Balaban J connectivity index is 2.56. The maximum absolute atomic E-state index is 5.74. The summed E-state index contributed by atoms with van der Waals surface area (Å²) in [4.78, 5) is 0.178. The lowest BCUT2D eigenvalue weighted by Gasteiger charge is -2.16. The van der Waals surface area contributed by atoms with Crippen LogP contribution in [0.2, 0.25) is 0 Å². The van der Waals surface area contributed by atoms with Gasteiger partial charge in [-0.15, -0.1) is 0 Å². The maximum atomic E-state index is 5.74. The van der Waals surface area contributed by atoms with E-state index in [0.717, 1.165) is 16.0 Å². The standard InChI is InChI=1S/C16H18Br2O/c1-8-7-14(17)9(2)6-13(8)16(18)15-10(3)11(4)19-12(15)5/h6-7,16H,1-5H3. The van der Waals surface area contributed by atoms with E-state index in [-0.39, 0.29) is 4.83 Å². The molecule has 0 bridgehead atoms. The molecule has 0 saturated carbocycles. The Morgan fingerprint density at radius 2 is 1.58 bits per heavy atom. The molecule has 1 heterocycles. The zero-order valence-corrected chi connectivity index (χ0v) is 15.1. The molecule has 0 fully saturated rings. The number of benzene rings is 1. The molecule has 0 radical (unpaired) electrons. The first-order valence-electron chi connectivity index (χ1n) is 6.30. The Kier molecular flexibility index (Phi) is 4.26. The normalized spacial score (nSPS) is 12.8. The highest BCUT2D eigenvalue weighted by Gasteiger charge is 2.22. The van der Waals surface area contributed by atoms with Crippen molar-refractivity contribution in [1.29, 1.82) is 0 Å². The van der Waals surface area contributed by atoms with Crippen LogP contribution in [0.3, 0.4) is 0 Å². The number of hydrogen-bond acceptors (Lipinski definition) is 1. The topological polar surface area (TPSA) is 13.1 Å². The lowest BCUT2D eigenvalue weighted by Crippen LogP contribution is -1.99. The van der Waals surface area contributed by atoms with E-state index in [1.54, 1.807) is 0 Å². The van der Waals surface area contributed by atoms with Gasteiger partial charge in [0, 0.05) is 10.0 Å². The van der Waals surface area contributed by atoms with Gasteiger partial charge in [0.25, 0.3) is 0 Å².